The van der Waals surface area contributed by atoms with Crippen LogP contribution in [-0.2, 0) is 0 Å². The summed E-state index contributed by atoms with van der Waals surface area (Å²) >= 11 is 0. The Balaban J connectivity index is 1.38. The molecule has 0 atom stereocenters. The molecule has 4 rings (SSSR count). The number of carbonyl (C=O) groups is 2. The fourth-order valence-electron chi connectivity index (χ4n) is 3.56. The topological polar surface area (TPSA) is 50.5 Å². The smallest absolute Gasteiger partial charge is 0.289 e. The highest BCUT2D eigenvalue weighted by atomic mass is 19.1. The van der Waals surface area contributed by atoms with Gasteiger partial charge in [-0.05, 0) is 49.2 Å². The molecule has 0 unspecified atom stereocenters. The summed E-state index contributed by atoms with van der Waals surface area (Å²) in [5.41, 5.74) is 1.44. The fourth-order valence-corrected chi connectivity index (χ4v) is 3.56. The Kier molecular flexibility index (Phi) is 5.06. The van der Waals surface area contributed by atoms with Gasteiger partial charge in [-0.3, -0.25) is 9.59 Å². The van der Waals surface area contributed by atoms with Gasteiger partial charge in [0.15, 0.2) is 11.5 Å². The lowest BCUT2D eigenvalue weighted by atomic mass is 9.89. The second-order valence-electron chi connectivity index (χ2n) is 6.97. The number of halogens is 1. The van der Waals surface area contributed by atoms with E-state index in [0.29, 0.717) is 43.0 Å². The van der Waals surface area contributed by atoms with E-state index >= 15 is 0 Å². The number of furan rings is 1. The van der Waals surface area contributed by atoms with Crippen molar-refractivity contribution >= 4 is 11.7 Å². The van der Waals surface area contributed by atoms with Gasteiger partial charge in [0.25, 0.3) is 5.91 Å². The van der Waals surface area contributed by atoms with Crippen molar-refractivity contribution in [3.8, 4) is 11.3 Å². The lowest BCUT2D eigenvalue weighted by Crippen LogP contribution is -2.40. The Labute approximate surface area is 162 Å². The quantitative estimate of drug-likeness (QED) is 0.613. The molecule has 1 aliphatic rings. The molecule has 1 aliphatic heterocycles. The third-order valence-corrected chi connectivity index (χ3v) is 5.16. The summed E-state index contributed by atoms with van der Waals surface area (Å²) in [6.07, 6.45) is 1.18. The van der Waals surface area contributed by atoms with Crippen LogP contribution >= 0.6 is 0 Å². The van der Waals surface area contributed by atoms with Gasteiger partial charge in [0, 0.05) is 30.1 Å². The Morgan fingerprint density at radius 3 is 2.25 bits per heavy atom. The van der Waals surface area contributed by atoms with E-state index in [-0.39, 0.29) is 23.4 Å². The number of ketones is 1. The predicted octanol–water partition coefficient (Wildman–Crippen LogP) is 4.82. The maximum atomic E-state index is 13.0. The zero-order chi connectivity index (χ0) is 19.5. The Morgan fingerprint density at radius 1 is 0.893 bits per heavy atom. The average molecular weight is 377 g/mol. The highest BCUT2D eigenvalue weighted by molar-refractivity contribution is 5.98. The number of Topliss-reactive ketones (excluding diaryl/α,β-unsaturated/α-hetero) is 1. The molecular weight excluding hydrogens is 357 g/mol. The number of benzene rings is 2. The summed E-state index contributed by atoms with van der Waals surface area (Å²) < 4.78 is 18.8. The second kappa shape index (κ2) is 7.80. The standard InChI is InChI=1S/C23H20FNO3/c24-19-8-6-17(7-9-19)22(26)18-12-14-25(15-13-18)23(27)21-11-10-20(28-21)16-4-2-1-3-5-16/h1-11,18H,12-15H2. The van der Waals surface area contributed by atoms with Crippen LogP contribution < -0.4 is 0 Å². The van der Waals surface area contributed by atoms with Crippen molar-refractivity contribution in [1.29, 1.82) is 0 Å². The lowest BCUT2D eigenvalue weighted by Gasteiger charge is -2.30. The number of piperidine rings is 1. The monoisotopic (exact) mass is 377 g/mol. The van der Waals surface area contributed by atoms with Crippen LogP contribution in [0.15, 0.2) is 71.1 Å². The number of nitrogens with zero attached hydrogens (tertiary/aromatic N) is 1. The number of hydrogen-bond donors (Lipinski definition) is 0. The summed E-state index contributed by atoms with van der Waals surface area (Å²) in [7, 11) is 0. The molecule has 0 bridgehead atoms. The number of carbonyl (C=O) groups excluding carboxylic acids is 2. The molecule has 1 aromatic heterocycles. The lowest BCUT2D eigenvalue weighted by molar-refractivity contribution is 0.0625. The van der Waals surface area contributed by atoms with Gasteiger partial charge in [-0.1, -0.05) is 30.3 Å². The van der Waals surface area contributed by atoms with Crippen molar-refractivity contribution < 1.29 is 18.4 Å². The first-order valence-electron chi connectivity index (χ1n) is 9.36. The van der Waals surface area contributed by atoms with Crippen LogP contribution in [0.1, 0.15) is 33.8 Å². The van der Waals surface area contributed by atoms with Gasteiger partial charge in [-0.15, -0.1) is 0 Å². The van der Waals surface area contributed by atoms with Crippen molar-refractivity contribution in [3.05, 3.63) is 83.9 Å². The minimum atomic E-state index is -0.356. The van der Waals surface area contributed by atoms with Gasteiger partial charge in [0.1, 0.15) is 11.6 Å². The number of hydrogen-bond acceptors (Lipinski definition) is 3. The molecule has 0 spiro atoms. The van der Waals surface area contributed by atoms with Crippen LogP contribution in [0.5, 0.6) is 0 Å². The predicted molar refractivity (Wildman–Crippen MR) is 104 cm³/mol. The van der Waals surface area contributed by atoms with Crippen molar-refractivity contribution in [2.45, 2.75) is 12.8 Å². The molecule has 5 heteroatoms. The number of likely N-dealkylation sites (tertiary alicyclic amines) is 1. The fraction of sp³-hybridized carbons (Fsp3) is 0.217. The van der Waals surface area contributed by atoms with E-state index in [4.69, 9.17) is 4.42 Å². The first-order chi connectivity index (χ1) is 13.6. The maximum Gasteiger partial charge on any atom is 0.289 e. The zero-order valence-electron chi connectivity index (χ0n) is 15.3. The number of amides is 1. The molecule has 1 amide bonds. The SMILES string of the molecule is O=C(c1ccc(F)cc1)C1CCN(C(=O)c2ccc(-c3ccccc3)o2)CC1. The molecule has 0 N–H and O–H groups in total. The molecule has 0 radical (unpaired) electrons. The van der Waals surface area contributed by atoms with Crippen LogP contribution in [0.2, 0.25) is 0 Å². The third kappa shape index (κ3) is 3.74. The Morgan fingerprint density at radius 2 is 1.57 bits per heavy atom. The molecule has 1 saturated heterocycles. The van der Waals surface area contributed by atoms with Gasteiger partial charge in [0.2, 0.25) is 0 Å². The largest absolute Gasteiger partial charge is 0.451 e. The first-order valence-corrected chi connectivity index (χ1v) is 9.36. The van der Waals surface area contributed by atoms with Crippen molar-refractivity contribution in [2.75, 3.05) is 13.1 Å². The van der Waals surface area contributed by atoms with Gasteiger partial charge >= 0.3 is 0 Å². The van der Waals surface area contributed by atoms with E-state index in [9.17, 15) is 14.0 Å². The third-order valence-electron chi connectivity index (χ3n) is 5.16. The summed E-state index contributed by atoms with van der Waals surface area (Å²) in [6, 6.07) is 18.8. The molecule has 4 nitrogen and oxygen atoms in total. The summed E-state index contributed by atoms with van der Waals surface area (Å²) in [5.74, 6) is 0.315. The molecule has 0 aliphatic carbocycles. The highest BCUT2D eigenvalue weighted by Gasteiger charge is 2.29. The Hall–Kier alpha value is -3.21. The average Bonchev–Trinajstić information content (AvgIpc) is 3.24. The molecule has 142 valence electrons. The molecular formula is C23H20FNO3. The van der Waals surface area contributed by atoms with Gasteiger partial charge in [-0.2, -0.15) is 0 Å². The molecule has 28 heavy (non-hydrogen) atoms. The molecule has 2 heterocycles. The number of rotatable bonds is 4. The minimum Gasteiger partial charge on any atom is -0.451 e. The molecule has 3 aromatic rings. The van der Waals surface area contributed by atoms with E-state index in [1.54, 1.807) is 17.0 Å². The first kappa shape index (κ1) is 18.2. The van der Waals surface area contributed by atoms with Gasteiger partial charge in [-0.25, -0.2) is 4.39 Å². The summed E-state index contributed by atoms with van der Waals surface area (Å²) in [4.78, 5) is 27.0. The molecule has 2 aromatic carbocycles. The van der Waals surface area contributed by atoms with Gasteiger partial charge < -0.3 is 9.32 Å². The van der Waals surface area contributed by atoms with Gasteiger partial charge in [0.05, 0.1) is 0 Å². The van der Waals surface area contributed by atoms with Crippen LogP contribution in [0, 0.1) is 11.7 Å². The normalized spacial score (nSPS) is 14.8. The van der Waals surface area contributed by atoms with Crippen LogP contribution in [0.25, 0.3) is 11.3 Å². The van der Waals surface area contributed by atoms with E-state index < -0.39 is 0 Å². The van der Waals surface area contributed by atoms with E-state index in [0.717, 1.165) is 5.56 Å². The second-order valence-corrected chi connectivity index (χ2v) is 6.97. The van der Waals surface area contributed by atoms with Crippen LogP contribution in [0.3, 0.4) is 0 Å². The Bertz CT molecular complexity index is 971. The van der Waals surface area contributed by atoms with E-state index in [1.165, 1.54) is 24.3 Å². The summed E-state index contributed by atoms with van der Waals surface area (Å²) in [5, 5.41) is 0. The van der Waals surface area contributed by atoms with Crippen LogP contribution in [0.4, 0.5) is 4.39 Å². The zero-order valence-corrected chi connectivity index (χ0v) is 15.3. The molecule has 0 saturated carbocycles. The van der Waals surface area contributed by atoms with E-state index in [1.807, 2.05) is 30.3 Å². The summed E-state index contributed by atoms with van der Waals surface area (Å²) in [6.45, 7) is 0.996. The highest BCUT2D eigenvalue weighted by Crippen LogP contribution is 2.26. The van der Waals surface area contributed by atoms with Crippen LogP contribution in [-0.4, -0.2) is 29.7 Å². The van der Waals surface area contributed by atoms with Crippen molar-refractivity contribution in [3.63, 3.8) is 0 Å². The van der Waals surface area contributed by atoms with Crippen molar-refractivity contribution in [2.24, 2.45) is 5.92 Å². The van der Waals surface area contributed by atoms with E-state index in [2.05, 4.69) is 0 Å². The minimum absolute atomic E-state index is 0.0106. The van der Waals surface area contributed by atoms with Crippen molar-refractivity contribution in [1.82, 2.24) is 4.90 Å². The maximum absolute atomic E-state index is 13.0. The molecule has 1 fully saturated rings.